The van der Waals surface area contributed by atoms with Gasteiger partial charge in [-0.05, 0) is 43.0 Å². The molecule has 0 N–H and O–H groups in total. The number of benzene rings is 1. The second kappa shape index (κ2) is 9.95. The van der Waals surface area contributed by atoms with Gasteiger partial charge in [-0.2, -0.15) is 28.4 Å². The van der Waals surface area contributed by atoms with E-state index in [0.29, 0.717) is 25.3 Å². The summed E-state index contributed by atoms with van der Waals surface area (Å²) >= 11 is 0. The fraction of sp³-hybridized carbons (Fsp3) is 0.333. The van der Waals surface area contributed by atoms with E-state index in [-0.39, 0.29) is 23.2 Å². The molecule has 1 aliphatic rings. The lowest BCUT2D eigenvalue weighted by Gasteiger charge is -2.27. The fourth-order valence-electron chi connectivity index (χ4n) is 3.95. The van der Waals surface area contributed by atoms with Crippen molar-refractivity contribution in [2.75, 3.05) is 36.0 Å². The van der Waals surface area contributed by atoms with E-state index in [2.05, 4.69) is 27.1 Å². The molecule has 3 aromatic rings. The topological polar surface area (TPSA) is 78.2 Å². The number of fused-ring (bicyclic) bond motifs is 1. The molecule has 0 saturated heterocycles. The predicted molar refractivity (Wildman–Crippen MR) is 121 cm³/mol. The van der Waals surface area contributed by atoms with Crippen LogP contribution in [0.5, 0.6) is 5.88 Å². The zero-order chi connectivity index (χ0) is 24.1. The number of halogens is 3. The molecule has 0 amide bonds. The number of aromatic nitrogens is 3. The molecule has 0 saturated carbocycles. The summed E-state index contributed by atoms with van der Waals surface area (Å²) in [4.78, 5) is 16.6. The zero-order valence-electron chi connectivity index (χ0n) is 18.6. The quantitative estimate of drug-likeness (QED) is 0.529. The first kappa shape index (κ1) is 23.3. The van der Waals surface area contributed by atoms with Crippen LogP contribution in [0.15, 0.2) is 48.8 Å². The van der Waals surface area contributed by atoms with E-state index < -0.39 is 12.8 Å². The minimum Gasteiger partial charge on any atom is -0.467 e. The van der Waals surface area contributed by atoms with Gasteiger partial charge in [0.25, 0.3) is 0 Å². The van der Waals surface area contributed by atoms with Crippen molar-refractivity contribution in [3.63, 3.8) is 0 Å². The van der Waals surface area contributed by atoms with Crippen LogP contribution in [-0.2, 0) is 12.8 Å². The fourth-order valence-corrected chi connectivity index (χ4v) is 3.95. The summed E-state index contributed by atoms with van der Waals surface area (Å²) in [5, 5.41) is 9.87. The highest BCUT2D eigenvalue weighted by atomic mass is 19.4. The summed E-state index contributed by atoms with van der Waals surface area (Å²) in [6.07, 6.45) is 0.104. The Morgan fingerprint density at radius 3 is 2.35 bits per heavy atom. The highest BCUT2D eigenvalue weighted by Crippen LogP contribution is 2.33. The van der Waals surface area contributed by atoms with E-state index in [1.165, 1.54) is 11.1 Å². The number of rotatable bonds is 6. The van der Waals surface area contributed by atoms with Gasteiger partial charge in [-0.3, -0.25) is 4.98 Å². The molecule has 0 unspecified atom stereocenters. The molecule has 10 heteroatoms. The Morgan fingerprint density at radius 2 is 1.79 bits per heavy atom. The number of hydrogen-bond donors (Lipinski definition) is 0. The smallest absolute Gasteiger partial charge is 0.422 e. The largest absolute Gasteiger partial charge is 0.467 e. The van der Waals surface area contributed by atoms with Crippen molar-refractivity contribution >= 4 is 17.5 Å². The van der Waals surface area contributed by atoms with E-state index in [0.717, 1.165) is 12.8 Å². The van der Waals surface area contributed by atoms with Crippen LogP contribution >= 0.6 is 0 Å². The van der Waals surface area contributed by atoms with E-state index >= 15 is 0 Å². The summed E-state index contributed by atoms with van der Waals surface area (Å²) in [6, 6.07) is 13.6. The SMILES string of the molecule is CCN(c1cccnc1)c1nc(OCC(F)(F)F)c(C#N)c(N2CCc3ccccc3CC2)n1. The van der Waals surface area contributed by atoms with Gasteiger partial charge in [0.05, 0.1) is 11.9 Å². The Bertz CT molecular complexity index is 1150. The Morgan fingerprint density at radius 1 is 1.09 bits per heavy atom. The summed E-state index contributed by atoms with van der Waals surface area (Å²) in [5.41, 5.74) is 2.97. The third-order valence-electron chi connectivity index (χ3n) is 5.56. The van der Waals surface area contributed by atoms with E-state index in [9.17, 15) is 18.4 Å². The Balaban J connectivity index is 1.77. The van der Waals surface area contributed by atoms with Crippen molar-refractivity contribution in [3.8, 4) is 11.9 Å². The summed E-state index contributed by atoms with van der Waals surface area (Å²) in [6.45, 7) is 1.86. The van der Waals surface area contributed by atoms with Crippen molar-refractivity contribution in [1.82, 2.24) is 15.0 Å². The van der Waals surface area contributed by atoms with Crippen LogP contribution in [0.2, 0.25) is 0 Å². The summed E-state index contributed by atoms with van der Waals surface area (Å²) in [7, 11) is 0. The standard InChI is InChI=1S/C24H23F3N6O/c1-2-33(19-8-5-11-29-15-19)23-30-21(20(14-28)22(31-23)34-16-24(25,26)27)32-12-9-17-6-3-4-7-18(17)10-13-32/h3-8,11,15H,2,9-10,12-13,16H2,1H3. The van der Waals surface area contributed by atoms with Crippen LogP contribution < -0.4 is 14.5 Å². The molecular weight excluding hydrogens is 445 g/mol. The molecule has 0 aliphatic carbocycles. The van der Waals surface area contributed by atoms with Crippen molar-refractivity contribution in [2.45, 2.75) is 25.9 Å². The number of pyridine rings is 1. The third-order valence-corrected chi connectivity index (χ3v) is 5.56. The third kappa shape index (κ3) is 5.20. The molecule has 3 heterocycles. The number of anilines is 3. The van der Waals surface area contributed by atoms with E-state index in [1.54, 1.807) is 29.4 Å². The lowest BCUT2D eigenvalue weighted by Crippen LogP contribution is -2.30. The van der Waals surface area contributed by atoms with Crippen molar-refractivity contribution in [2.24, 2.45) is 0 Å². The number of hydrogen-bond acceptors (Lipinski definition) is 7. The van der Waals surface area contributed by atoms with Crippen LogP contribution in [0.3, 0.4) is 0 Å². The van der Waals surface area contributed by atoms with Crippen LogP contribution in [0.25, 0.3) is 0 Å². The van der Waals surface area contributed by atoms with Crippen molar-refractivity contribution in [1.29, 1.82) is 5.26 Å². The maximum absolute atomic E-state index is 12.9. The first-order valence-corrected chi connectivity index (χ1v) is 10.9. The molecule has 0 atom stereocenters. The predicted octanol–water partition coefficient (Wildman–Crippen LogP) is 4.45. The van der Waals surface area contributed by atoms with Crippen LogP contribution in [0.1, 0.15) is 23.6 Å². The number of nitrogens with zero attached hydrogens (tertiary/aromatic N) is 6. The highest BCUT2D eigenvalue weighted by Gasteiger charge is 2.31. The minimum absolute atomic E-state index is 0.110. The first-order valence-electron chi connectivity index (χ1n) is 10.9. The molecule has 0 radical (unpaired) electrons. The average molecular weight is 468 g/mol. The normalized spacial score (nSPS) is 13.6. The molecule has 0 spiro atoms. The highest BCUT2D eigenvalue weighted by molar-refractivity contribution is 5.65. The zero-order valence-corrected chi connectivity index (χ0v) is 18.6. The van der Waals surface area contributed by atoms with Gasteiger partial charge in [-0.15, -0.1) is 0 Å². The molecule has 4 rings (SSSR count). The first-order chi connectivity index (χ1) is 16.4. The second-order valence-corrected chi connectivity index (χ2v) is 7.75. The number of alkyl halides is 3. The number of ether oxygens (including phenoxy) is 1. The molecule has 7 nitrogen and oxygen atoms in total. The van der Waals surface area contributed by atoms with Crippen LogP contribution in [0.4, 0.5) is 30.6 Å². The van der Waals surface area contributed by atoms with E-state index in [4.69, 9.17) is 4.74 Å². The van der Waals surface area contributed by atoms with Gasteiger partial charge >= 0.3 is 6.18 Å². The maximum Gasteiger partial charge on any atom is 0.422 e. The molecule has 1 aromatic carbocycles. The van der Waals surface area contributed by atoms with Crippen molar-refractivity contribution < 1.29 is 17.9 Å². The van der Waals surface area contributed by atoms with Gasteiger partial charge in [0.15, 0.2) is 18.0 Å². The molecule has 0 bridgehead atoms. The van der Waals surface area contributed by atoms with Gasteiger partial charge in [0.1, 0.15) is 6.07 Å². The lowest BCUT2D eigenvalue weighted by atomic mass is 10.0. The summed E-state index contributed by atoms with van der Waals surface area (Å²) in [5.74, 6) is 0.0205. The van der Waals surface area contributed by atoms with Gasteiger partial charge in [0.2, 0.25) is 11.8 Å². The molecule has 34 heavy (non-hydrogen) atoms. The van der Waals surface area contributed by atoms with Gasteiger partial charge in [-0.25, -0.2) is 0 Å². The van der Waals surface area contributed by atoms with Gasteiger partial charge in [0, 0.05) is 25.8 Å². The molecular formula is C24H23F3N6O. The Labute approximate surface area is 195 Å². The minimum atomic E-state index is -4.57. The monoisotopic (exact) mass is 468 g/mol. The van der Waals surface area contributed by atoms with Gasteiger partial charge < -0.3 is 14.5 Å². The average Bonchev–Trinajstić information content (AvgIpc) is 3.06. The molecule has 1 aliphatic heterocycles. The molecule has 2 aromatic heterocycles. The second-order valence-electron chi connectivity index (χ2n) is 7.75. The van der Waals surface area contributed by atoms with Crippen LogP contribution in [-0.4, -0.2) is 47.4 Å². The number of nitriles is 1. The van der Waals surface area contributed by atoms with E-state index in [1.807, 2.05) is 30.0 Å². The molecule has 0 fully saturated rings. The summed E-state index contributed by atoms with van der Waals surface area (Å²) < 4.78 is 43.9. The Kier molecular flexibility index (Phi) is 6.82. The lowest BCUT2D eigenvalue weighted by molar-refractivity contribution is -0.154. The van der Waals surface area contributed by atoms with Crippen LogP contribution in [0, 0.1) is 11.3 Å². The van der Waals surface area contributed by atoms with Gasteiger partial charge in [-0.1, -0.05) is 24.3 Å². The van der Waals surface area contributed by atoms with Crippen molar-refractivity contribution in [3.05, 3.63) is 65.5 Å². The Hall–Kier alpha value is -3.87. The molecule has 176 valence electrons. The maximum atomic E-state index is 12.9.